The van der Waals surface area contributed by atoms with Gasteiger partial charge in [0.25, 0.3) is 0 Å². The van der Waals surface area contributed by atoms with E-state index in [4.69, 9.17) is 64.0 Å². The number of aliphatic hydroxyl groups is 10. The number of nitrogens with zero attached hydrogens (tertiary/aromatic N) is 1. The second kappa shape index (κ2) is 30.8. The molecule has 0 aromatic rings. The molecule has 23 N–H and O–H groups in total. The highest BCUT2D eigenvalue weighted by molar-refractivity contribution is 5.81. The summed E-state index contributed by atoms with van der Waals surface area (Å²) in [5.41, 5.74) is 26.4. The second-order valence-electron chi connectivity index (χ2n) is 17.4. The third-order valence-electron chi connectivity index (χ3n) is 11.7. The van der Waals surface area contributed by atoms with E-state index in [1.807, 2.05) is 0 Å². The molecule has 3 heterocycles. The Morgan fingerprint density at radius 1 is 0.605 bits per heavy atom. The first-order valence-electron chi connectivity index (χ1n) is 22.5. The zero-order valence-electron chi connectivity index (χ0n) is 41.4. The SMILES string of the molecule is CC(=O)C[C@H]1C([C@H](O)[C@H](O)CO)O[C@@](F)(C(=O)O)C(F)[C@H]1N.CC(=O)C[C@H]1C([C@H](O)[C@H](O)CO)O[C@@](F)(C(=O)O)C(F)[C@H]1N=C(N)N.CCOC(=O)[C@]1(F)OC([C@H](O)[C@H](O)CO)[C@H](CC(C)=O)[C@H]([NH+]=C(N)N)C1F.CO. The summed E-state index contributed by atoms with van der Waals surface area (Å²) in [6.07, 6.45) is -26.6. The minimum absolute atomic E-state index is 0.285. The number of esters is 1. The Balaban J connectivity index is 0.00000110. The average molecular weight is 1130 g/mol. The molecule has 0 bridgehead atoms. The lowest BCUT2D eigenvalue weighted by Gasteiger charge is -2.45. The van der Waals surface area contributed by atoms with Crippen LogP contribution in [0.15, 0.2) is 4.99 Å². The van der Waals surface area contributed by atoms with Gasteiger partial charge in [0.1, 0.15) is 60.0 Å². The van der Waals surface area contributed by atoms with Crippen LogP contribution in [0.2, 0.25) is 0 Å². The van der Waals surface area contributed by atoms with Crippen LogP contribution in [-0.4, -0.2) is 251 Å². The standard InChI is InChI=1S/C15H25F2N3O7.C13H21F2N3O7.C12H19F2NO7.CH4O/c1-3-26-13(25)15(17)12(16)9(20-14(18)19)7(4-6(2)22)11(27-15)10(24)8(23)5-21;1-4(20)2-5-7(18-12(16)17)10(14)13(15,11(23)24)25-9(5)8(22)6(21)3-19;1-4(17)2-5-7(15)10(13)12(14,11(20)21)22-9(5)8(19)6(18)3-16;1-2/h7-12,21,23-24H,3-5H2,1-2H3,(H4,18,19,20);5-10,19,21-22H,2-3H2,1H3,(H,23,24)(H4,16,17,18);5-10,16,18-19H,2-3,15H2,1H3,(H,20,21);2H,1H3/p+1/t7-,8-,9+,10-,11?,12?,15-;5-,6-,7+,8-,9?,10?,13-;5-,6-,7+,8-,9?,10?,12-;/m111./s1. The van der Waals surface area contributed by atoms with Gasteiger partial charge in [0.15, 0.2) is 18.3 Å². The van der Waals surface area contributed by atoms with Crippen molar-refractivity contribution in [2.24, 2.45) is 51.4 Å². The van der Waals surface area contributed by atoms with Gasteiger partial charge in [-0.05, 0) is 27.7 Å². The first-order chi connectivity index (χ1) is 35.0. The Bertz CT molecular complexity index is 1990. The number of carbonyl (C=O) groups excluding carboxylic acids is 4. The van der Waals surface area contributed by atoms with Crippen molar-refractivity contribution in [2.45, 2.75) is 156 Å². The lowest BCUT2D eigenvalue weighted by molar-refractivity contribution is -0.549. The van der Waals surface area contributed by atoms with Crippen LogP contribution in [-0.2, 0) is 47.7 Å². The van der Waals surface area contributed by atoms with E-state index in [0.717, 1.165) is 27.9 Å². The highest BCUT2D eigenvalue weighted by Crippen LogP contribution is 2.43. The van der Waals surface area contributed by atoms with Gasteiger partial charge < -0.3 is 112 Å². The molecule has 0 aromatic carbocycles. The number of guanidine groups is 2. The van der Waals surface area contributed by atoms with Crippen molar-refractivity contribution in [3.63, 3.8) is 0 Å². The lowest BCUT2D eigenvalue weighted by atomic mass is 9.78. The Morgan fingerprint density at radius 2 is 0.947 bits per heavy atom. The first kappa shape index (κ1) is 71.0. The maximum atomic E-state index is 15.2. The minimum atomic E-state index is -3.93. The predicted molar refractivity (Wildman–Crippen MR) is 240 cm³/mol. The molecule has 0 amide bonds. The number of rotatable bonds is 21. The summed E-state index contributed by atoms with van der Waals surface area (Å²) in [6.45, 7) is 1.64. The summed E-state index contributed by atoms with van der Waals surface area (Å²) in [6, 6.07) is -5.31. The van der Waals surface area contributed by atoms with Gasteiger partial charge in [0.05, 0.1) is 50.8 Å². The van der Waals surface area contributed by atoms with Crippen LogP contribution < -0.4 is 33.7 Å². The number of ketones is 3. The largest absolute Gasteiger partial charge is 0.477 e. The number of nitrogens with one attached hydrogen (secondary N) is 1. The van der Waals surface area contributed by atoms with Crippen molar-refractivity contribution in [1.29, 1.82) is 0 Å². The number of aliphatic imine (C=N–C) groups is 1. The molecule has 35 heteroatoms. The smallest absolute Gasteiger partial charge is 0.375 e. The third-order valence-corrected chi connectivity index (χ3v) is 11.7. The molecule has 3 aliphatic rings. The average Bonchev–Trinajstić information content (AvgIpc) is 3.34. The number of carboxylic acids is 2. The van der Waals surface area contributed by atoms with Crippen LogP contribution in [0.25, 0.3) is 0 Å². The summed E-state index contributed by atoms with van der Waals surface area (Å²) >= 11 is 0. The highest BCUT2D eigenvalue weighted by Gasteiger charge is 2.66. The molecule has 0 aromatic heterocycles. The van der Waals surface area contributed by atoms with E-state index in [1.54, 1.807) is 0 Å². The summed E-state index contributed by atoms with van der Waals surface area (Å²) in [5.74, 6) is -24.4. The first-order valence-corrected chi connectivity index (χ1v) is 22.5. The zero-order valence-corrected chi connectivity index (χ0v) is 41.4. The molecule has 3 aliphatic heterocycles. The van der Waals surface area contributed by atoms with Gasteiger partial charge in [0.2, 0.25) is 6.17 Å². The molecule has 0 saturated carbocycles. The highest BCUT2D eigenvalue weighted by atomic mass is 19.2. The molecule has 3 saturated heterocycles. The van der Waals surface area contributed by atoms with Gasteiger partial charge in [-0.2, -0.15) is 13.2 Å². The lowest BCUT2D eigenvalue weighted by Crippen LogP contribution is -2.91. The van der Waals surface area contributed by atoms with Crippen LogP contribution in [0.1, 0.15) is 47.0 Å². The van der Waals surface area contributed by atoms with E-state index in [0.29, 0.717) is 0 Å². The Labute approximate surface area is 428 Å². The number of carbonyl (C=O) groups is 6. The van der Waals surface area contributed by atoms with Gasteiger partial charge in [-0.25, -0.2) is 32.5 Å². The fourth-order valence-electron chi connectivity index (χ4n) is 8.13. The Kier molecular flexibility index (Phi) is 28.8. The quantitative estimate of drug-likeness (QED) is 0.0220. The van der Waals surface area contributed by atoms with Gasteiger partial charge in [-0.15, -0.1) is 0 Å². The zero-order chi connectivity index (χ0) is 59.7. The topological polar surface area (TPSA) is 539 Å². The van der Waals surface area contributed by atoms with E-state index in [-0.39, 0.29) is 6.61 Å². The number of halogens is 6. The molecule has 76 heavy (non-hydrogen) atoms. The van der Waals surface area contributed by atoms with E-state index >= 15 is 4.39 Å². The summed E-state index contributed by atoms with van der Waals surface area (Å²) < 4.78 is 106. The summed E-state index contributed by atoms with van der Waals surface area (Å²) in [5, 5.41) is 110. The molecule has 21 atom stereocenters. The molecule has 3 rings (SSSR count). The summed E-state index contributed by atoms with van der Waals surface area (Å²) in [4.78, 5) is 74.0. The number of ether oxygens (including phenoxy) is 4. The van der Waals surface area contributed by atoms with Gasteiger partial charge >= 0.3 is 41.4 Å². The van der Waals surface area contributed by atoms with E-state index in [9.17, 15) is 81.4 Å². The molecule has 29 nitrogen and oxygen atoms in total. The minimum Gasteiger partial charge on any atom is -0.477 e. The molecule has 3 fully saturated rings. The van der Waals surface area contributed by atoms with Crippen molar-refractivity contribution in [3.8, 4) is 0 Å². The van der Waals surface area contributed by atoms with Gasteiger partial charge in [0, 0.05) is 50.2 Å². The second-order valence-corrected chi connectivity index (χ2v) is 17.4. The van der Waals surface area contributed by atoms with Gasteiger partial charge in [-0.3, -0.25) is 16.5 Å². The molecular weight excluding hydrogens is 1060 g/mol. The molecule has 442 valence electrons. The number of Topliss-reactive ketones (excluding diaryl/α,β-unsaturated/α-hetero) is 3. The Morgan fingerprint density at radius 3 is 1.29 bits per heavy atom. The van der Waals surface area contributed by atoms with E-state index in [1.165, 1.54) is 6.92 Å². The fraction of sp³-hybridized carbons (Fsp3) is 0.805. The molecule has 6 unspecified atom stereocenters. The van der Waals surface area contributed by atoms with E-state index in [2.05, 4.69) is 24.2 Å². The fourth-order valence-corrected chi connectivity index (χ4v) is 8.13. The Hall–Kier alpha value is -5.02. The summed E-state index contributed by atoms with van der Waals surface area (Å²) in [7, 11) is 1.00. The number of carboxylic acid groups (broad SMARTS) is 2. The normalized spacial score (nSPS) is 34.3. The van der Waals surface area contributed by atoms with Crippen molar-refractivity contribution >= 4 is 47.2 Å². The van der Waals surface area contributed by atoms with E-state index < -0.39 is 213 Å². The number of hydrogen-bond donors (Lipinski definition) is 18. The van der Waals surface area contributed by atoms with Crippen molar-refractivity contribution in [3.05, 3.63) is 0 Å². The van der Waals surface area contributed by atoms with Crippen molar-refractivity contribution in [2.75, 3.05) is 33.5 Å². The number of alkyl halides is 6. The number of hydrogen-bond acceptors (Lipinski definition) is 22. The number of nitrogens with two attached hydrogens (primary N) is 5. The van der Waals surface area contributed by atoms with Crippen molar-refractivity contribution < 1.29 is 140 Å². The number of aliphatic carboxylic acids is 2. The molecular formula is C41H70F6N7O22+. The van der Waals surface area contributed by atoms with Crippen LogP contribution in [0.4, 0.5) is 26.3 Å². The predicted octanol–water partition coefficient (Wildman–Crippen LogP) is -8.87. The van der Waals surface area contributed by atoms with Crippen LogP contribution in [0, 0.1) is 17.8 Å². The van der Waals surface area contributed by atoms with Gasteiger partial charge in [-0.1, -0.05) is 0 Å². The number of aliphatic hydroxyl groups excluding tert-OH is 10. The molecule has 0 aliphatic carbocycles. The van der Waals surface area contributed by atoms with Crippen LogP contribution >= 0.6 is 0 Å². The van der Waals surface area contributed by atoms with Crippen LogP contribution in [0.5, 0.6) is 0 Å². The third kappa shape index (κ3) is 17.5. The molecule has 0 spiro atoms. The molecule has 0 radical (unpaired) electrons. The maximum absolute atomic E-state index is 15.2. The monoisotopic (exact) mass is 1130 g/mol. The van der Waals surface area contributed by atoms with Crippen molar-refractivity contribution in [1.82, 2.24) is 0 Å². The van der Waals surface area contributed by atoms with Crippen LogP contribution in [0.3, 0.4) is 0 Å². The maximum Gasteiger partial charge on any atom is 0.375 e.